The van der Waals surface area contributed by atoms with Gasteiger partial charge in [0, 0.05) is 13.5 Å². The number of unbranched alkanes of at least 4 members (excludes halogenated alkanes) is 8. The molecule has 10 heteroatoms. The van der Waals surface area contributed by atoms with Gasteiger partial charge in [0.25, 0.3) is 0 Å². The molecule has 0 amide bonds. The average Bonchev–Trinajstić information content (AvgIpc) is 2.56. The minimum atomic E-state index is -5.82. The van der Waals surface area contributed by atoms with Gasteiger partial charge in [-0.25, -0.2) is 8.42 Å². The lowest BCUT2D eigenvalue weighted by atomic mass is 10.1. The van der Waals surface area contributed by atoms with Gasteiger partial charge in [-0.1, -0.05) is 51.4 Å². The highest BCUT2D eigenvalue weighted by Gasteiger charge is 2.39. The van der Waals surface area contributed by atoms with Crippen molar-refractivity contribution in [1.29, 1.82) is 0 Å². The maximum absolute atomic E-state index is 12.8. The molecule has 27 heavy (non-hydrogen) atoms. The molecule has 0 spiro atoms. The van der Waals surface area contributed by atoms with Crippen LogP contribution < -0.4 is 0 Å². The Bertz CT molecular complexity index is 526. The van der Waals surface area contributed by atoms with E-state index in [1.165, 1.54) is 31.7 Å². The van der Waals surface area contributed by atoms with Gasteiger partial charge in [-0.15, -0.1) is 0 Å². The molecule has 0 atom stereocenters. The van der Waals surface area contributed by atoms with Crippen LogP contribution >= 0.6 is 0 Å². The summed E-state index contributed by atoms with van der Waals surface area (Å²) >= 11 is 0. The summed E-state index contributed by atoms with van der Waals surface area (Å²) in [6.07, 6.45) is 9.15. The summed E-state index contributed by atoms with van der Waals surface area (Å²) in [5, 5.41) is -4.58. The molecule has 0 aromatic heterocycles. The molecule has 0 aliphatic rings. The average molecular weight is 432 g/mol. The quantitative estimate of drug-likeness (QED) is 0.155. The number of ether oxygens (including phenoxy) is 1. The summed E-state index contributed by atoms with van der Waals surface area (Å²) in [6, 6.07) is 1.19. The van der Waals surface area contributed by atoms with E-state index in [4.69, 9.17) is 4.43 Å². The predicted octanol–water partition coefficient (Wildman–Crippen LogP) is 4.42. The fourth-order valence-electron chi connectivity index (χ4n) is 2.47. The molecule has 0 aromatic carbocycles. The number of rotatable bonds is 16. The summed E-state index contributed by atoms with van der Waals surface area (Å²) in [5.74, 6) is -0.916. The van der Waals surface area contributed by atoms with Crippen molar-refractivity contribution in [3.63, 3.8) is 0 Å². The zero-order valence-electron chi connectivity index (χ0n) is 16.6. The SMILES string of the molecule is CO[Si](C)(C)CCCCCCCCCCCC(=O)OCC(F)(F)S(=O)(=O)[O-]. The Hall–Kier alpha value is -0.583. The van der Waals surface area contributed by atoms with E-state index in [2.05, 4.69) is 17.8 Å². The Labute approximate surface area is 162 Å². The summed E-state index contributed by atoms with van der Waals surface area (Å²) in [6.45, 7) is 2.72. The van der Waals surface area contributed by atoms with Gasteiger partial charge in [0.2, 0.25) is 0 Å². The van der Waals surface area contributed by atoms with E-state index in [9.17, 15) is 26.5 Å². The second-order valence-corrected chi connectivity index (χ2v) is 13.3. The Morgan fingerprint density at radius 2 is 1.41 bits per heavy atom. The first-order chi connectivity index (χ1) is 12.4. The first-order valence-electron chi connectivity index (χ1n) is 9.45. The second-order valence-electron chi connectivity index (χ2n) is 7.40. The third-order valence-electron chi connectivity index (χ3n) is 4.48. The van der Waals surface area contributed by atoms with Gasteiger partial charge in [-0.05, 0) is 25.6 Å². The second kappa shape index (κ2) is 12.8. The highest BCUT2D eigenvalue weighted by Crippen LogP contribution is 2.21. The van der Waals surface area contributed by atoms with Crippen LogP contribution in [0.2, 0.25) is 19.1 Å². The Morgan fingerprint density at radius 1 is 0.963 bits per heavy atom. The van der Waals surface area contributed by atoms with E-state index in [0.717, 1.165) is 25.7 Å². The van der Waals surface area contributed by atoms with Crippen molar-refractivity contribution in [1.82, 2.24) is 0 Å². The van der Waals surface area contributed by atoms with Gasteiger partial charge in [0.1, 0.15) is 0 Å². The van der Waals surface area contributed by atoms with Crippen LogP contribution in [0.5, 0.6) is 0 Å². The van der Waals surface area contributed by atoms with Crippen molar-refractivity contribution in [2.75, 3.05) is 13.7 Å². The van der Waals surface area contributed by atoms with Crippen LogP contribution in [0.3, 0.4) is 0 Å². The highest BCUT2D eigenvalue weighted by atomic mass is 32.2. The van der Waals surface area contributed by atoms with Crippen molar-refractivity contribution in [3.8, 4) is 0 Å². The lowest BCUT2D eigenvalue weighted by Crippen LogP contribution is -2.34. The molecule has 0 rings (SSSR count). The maximum Gasteiger partial charge on any atom is 0.367 e. The highest BCUT2D eigenvalue weighted by molar-refractivity contribution is 7.86. The maximum atomic E-state index is 12.8. The molecule has 162 valence electrons. The van der Waals surface area contributed by atoms with Crippen LogP contribution in [-0.2, 0) is 24.1 Å². The first-order valence-corrected chi connectivity index (χ1v) is 14.0. The fourth-order valence-corrected chi connectivity index (χ4v) is 3.98. The van der Waals surface area contributed by atoms with Crippen LogP contribution in [0.4, 0.5) is 8.78 Å². The first kappa shape index (κ1) is 26.4. The van der Waals surface area contributed by atoms with E-state index < -0.39 is 36.3 Å². The fraction of sp³-hybridized carbons (Fsp3) is 0.941. The largest absolute Gasteiger partial charge is 0.743 e. The Morgan fingerprint density at radius 3 is 1.85 bits per heavy atom. The van der Waals surface area contributed by atoms with Crippen LogP contribution in [0, 0.1) is 0 Å². The lowest BCUT2D eigenvalue weighted by molar-refractivity contribution is -0.149. The molecule has 6 nitrogen and oxygen atoms in total. The van der Waals surface area contributed by atoms with Gasteiger partial charge >= 0.3 is 11.2 Å². The van der Waals surface area contributed by atoms with Gasteiger partial charge in [0.05, 0.1) is 0 Å². The number of hydrogen-bond acceptors (Lipinski definition) is 6. The summed E-state index contributed by atoms with van der Waals surface area (Å²) in [7, 11) is -5.45. The van der Waals surface area contributed by atoms with Crippen molar-refractivity contribution >= 4 is 24.4 Å². The van der Waals surface area contributed by atoms with E-state index >= 15 is 0 Å². The molecule has 0 unspecified atom stereocenters. The number of alkyl halides is 2. The van der Waals surface area contributed by atoms with Crippen molar-refractivity contribution in [2.24, 2.45) is 0 Å². The number of carbonyl (C=O) groups excluding carboxylic acids is 1. The van der Waals surface area contributed by atoms with Gasteiger partial charge in [-0.2, -0.15) is 8.78 Å². The molecule has 0 aromatic rings. The number of carbonyl (C=O) groups is 1. The molecule has 0 aliphatic heterocycles. The van der Waals surface area contributed by atoms with E-state index in [-0.39, 0.29) is 6.42 Å². The summed E-state index contributed by atoms with van der Waals surface area (Å²) in [4.78, 5) is 11.3. The Kier molecular flexibility index (Phi) is 12.5. The minimum absolute atomic E-state index is 0.0614. The molecule has 0 fully saturated rings. The molecule has 0 aliphatic carbocycles. The van der Waals surface area contributed by atoms with E-state index in [0.29, 0.717) is 6.42 Å². The molecule has 0 radical (unpaired) electrons. The van der Waals surface area contributed by atoms with Crippen molar-refractivity contribution < 1.29 is 35.7 Å². The van der Waals surface area contributed by atoms with Crippen molar-refractivity contribution in [3.05, 3.63) is 0 Å². The van der Waals surface area contributed by atoms with Crippen LogP contribution in [0.1, 0.15) is 64.2 Å². The molecule has 0 saturated carbocycles. The minimum Gasteiger partial charge on any atom is -0.743 e. The lowest BCUT2D eigenvalue weighted by Gasteiger charge is -2.19. The van der Waals surface area contributed by atoms with Crippen LogP contribution in [0.15, 0.2) is 0 Å². The molecule has 0 saturated heterocycles. The van der Waals surface area contributed by atoms with Gasteiger partial charge < -0.3 is 13.7 Å². The topological polar surface area (TPSA) is 92.7 Å². The van der Waals surface area contributed by atoms with Crippen LogP contribution in [0.25, 0.3) is 0 Å². The molecule has 0 N–H and O–H groups in total. The van der Waals surface area contributed by atoms with Gasteiger partial charge in [0.15, 0.2) is 25.0 Å². The molecule has 0 heterocycles. The third-order valence-corrected chi connectivity index (χ3v) is 7.99. The van der Waals surface area contributed by atoms with Crippen molar-refractivity contribution in [2.45, 2.75) is 88.6 Å². The standard InChI is InChI=1S/C17H34F2O6SSi/c1-24-27(2,3)14-12-10-8-6-4-5-7-9-11-13-16(20)25-15-17(18,19)26(21,22)23/h4-15H2,1-3H3,(H,21,22,23)/p-1. The predicted molar refractivity (Wildman–Crippen MR) is 101 cm³/mol. The van der Waals surface area contributed by atoms with E-state index in [1.54, 1.807) is 7.11 Å². The molecular formula is C17H33F2O6SSi-. The van der Waals surface area contributed by atoms with E-state index in [1.807, 2.05) is 0 Å². The molecular weight excluding hydrogens is 398 g/mol. The Balaban J connectivity index is 3.53. The monoisotopic (exact) mass is 431 g/mol. The number of halogens is 2. The molecule has 0 bridgehead atoms. The summed E-state index contributed by atoms with van der Waals surface area (Å²) < 4.78 is 66.1. The summed E-state index contributed by atoms with van der Waals surface area (Å²) in [5.41, 5.74) is 0. The van der Waals surface area contributed by atoms with Gasteiger partial charge in [-0.3, -0.25) is 4.79 Å². The third kappa shape index (κ3) is 13.3. The van der Waals surface area contributed by atoms with Crippen LogP contribution in [-0.4, -0.2) is 46.2 Å². The zero-order valence-corrected chi connectivity index (χ0v) is 18.4. The number of esters is 1. The zero-order chi connectivity index (χ0) is 21.0. The number of hydrogen-bond donors (Lipinski definition) is 0. The normalized spacial score (nSPS) is 13.0. The smallest absolute Gasteiger partial charge is 0.367 e.